The van der Waals surface area contributed by atoms with Crippen LogP contribution in [0.1, 0.15) is 15.9 Å². The molecule has 0 fully saturated rings. The van der Waals surface area contributed by atoms with Crippen LogP contribution in [-0.2, 0) is 4.74 Å². The fourth-order valence-corrected chi connectivity index (χ4v) is 3.58. The summed E-state index contributed by atoms with van der Waals surface area (Å²) in [5.74, 6) is -0.382. The van der Waals surface area contributed by atoms with E-state index in [1.165, 1.54) is 18.4 Å². The highest BCUT2D eigenvalue weighted by atomic mass is 32.1. The number of hydrogen-bond acceptors (Lipinski definition) is 5. The first-order valence-electron chi connectivity index (χ1n) is 7.27. The van der Waals surface area contributed by atoms with Gasteiger partial charge in [-0.2, -0.15) is 0 Å². The number of fused-ring (bicyclic) bond motifs is 3. The number of aromatic nitrogens is 2. The molecule has 4 aromatic rings. The first kappa shape index (κ1) is 14.6. The van der Waals surface area contributed by atoms with Crippen molar-refractivity contribution in [2.24, 2.45) is 0 Å². The lowest BCUT2D eigenvalue weighted by Gasteiger charge is -1.98. The van der Waals surface area contributed by atoms with Crippen molar-refractivity contribution in [1.82, 2.24) is 9.38 Å². The van der Waals surface area contributed by atoms with E-state index >= 15 is 0 Å². The number of benzene rings is 2. The Hall–Kier alpha value is -2.99. The maximum absolute atomic E-state index is 12.7. The number of ether oxygens (including phenoxy) is 1. The third-order valence-electron chi connectivity index (χ3n) is 3.77. The number of carbonyl (C=O) groups is 1. The number of para-hydroxylation sites is 2. The van der Waals surface area contributed by atoms with Crippen LogP contribution in [0.5, 0.6) is 0 Å². The van der Waals surface area contributed by atoms with E-state index in [1.54, 1.807) is 34.7 Å². The number of esters is 1. The van der Waals surface area contributed by atoms with E-state index in [0.717, 1.165) is 16.6 Å². The van der Waals surface area contributed by atoms with Crippen LogP contribution in [0, 0.1) is 0 Å². The zero-order chi connectivity index (χ0) is 16.7. The van der Waals surface area contributed by atoms with Crippen molar-refractivity contribution in [3.63, 3.8) is 0 Å². The molecule has 6 heteroatoms. The van der Waals surface area contributed by atoms with E-state index in [1.807, 2.05) is 24.3 Å². The monoisotopic (exact) mass is 336 g/mol. The van der Waals surface area contributed by atoms with Crippen LogP contribution in [0.25, 0.3) is 22.1 Å². The summed E-state index contributed by atoms with van der Waals surface area (Å²) in [6, 6.07) is 14.5. The van der Waals surface area contributed by atoms with E-state index in [9.17, 15) is 9.59 Å². The fraction of sp³-hybridized carbons (Fsp3) is 0.0556. The summed E-state index contributed by atoms with van der Waals surface area (Å²) >= 11 is 1.35. The minimum Gasteiger partial charge on any atom is -0.465 e. The molecule has 0 aliphatic rings. The Morgan fingerprint density at radius 3 is 2.67 bits per heavy atom. The molecule has 2 heterocycles. The average molecular weight is 336 g/mol. The molecule has 0 saturated carbocycles. The largest absolute Gasteiger partial charge is 0.465 e. The second kappa shape index (κ2) is 5.58. The Labute approximate surface area is 140 Å². The number of thiazole rings is 1. The summed E-state index contributed by atoms with van der Waals surface area (Å²) < 4.78 is 6.91. The zero-order valence-corrected chi connectivity index (χ0v) is 13.5. The van der Waals surface area contributed by atoms with Crippen LogP contribution in [0.15, 0.2) is 53.3 Å². The van der Waals surface area contributed by atoms with Crippen molar-refractivity contribution in [1.29, 1.82) is 0 Å². The molecule has 0 aliphatic heterocycles. The maximum atomic E-state index is 12.7. The van der Waals surface area contributed by atoms with E-state index in [4.69, 9.17) is 0 Å². The SMILES string of the molecule is COC(=O)c1ccc(/C=c2/sc3nc4ccccc4n3c2=O)cc1. The molecule has 0 radical (unpaired) electrons. The van der Waals surface area contributed by atoms with Crippen LogP contribution in [0.2, 0.25) is 0 Å². The second-order valence-corrected chi connectivity index (χ2v) is 6.26. The predicted octanol–water partition coefficient (Wildman–Crippen LogP) is 2.24. The van der Waals surface area contributed by atoms with Crippen molar-refractivity contribution < 1.29 is 9.53 Å². The number of imidazole rings is 1. The Kier molecular flexibility index (Phi) is 3.39. The smallest absolute Gasteiger partial charge is 0.337 e. The summed E-state index contributed by atoms with van der Waals surface area (Å²) in [5, 5.41) is 0. The van der Waals surface area contributed by atoms with Gasteiger partial charge in [0.25, 0.3) is 5.56 Å². The van der Waals surface area contributed by atoms with Gasteiger partial charge in [-0.3, -0.25) is 4.79 Å². The normalized spacial score (nSPS) is 12.1. The van der Waals surface area contributed by atoms with Gasteiger partial charge >= 0.3 is 5.97 Å². The molecule has 4 rings (SSSR count). The molecule has 5 nitrogen and oxygen atoms in total. The number of nitrogens with zero attached hydrogens (tertiary/aromatic N) is 2. The first-order valence-corrected chi connectivity index (χ1v) is 8.09. The molecule has 0 unspecified atom stereocenters. The average Bonchev–Trinajstić information content (AvgIpc) is 3.12. The summed E-state index contributed by atoms with van der Waals surface area (Å²) in [5.41, 5.74) is 2.86. The fourth-order valence-electron chi connectivity index (χ4n) is 2.60. The molecule has 0 spiro atoms. The molecule has 118 valence electrons. The van der Waals surface area contributed by atoms with E-state index in [-0.39, 0.29) is 11.5 Å². The number of methoxy groups -OCH3 is 1. The van der Waals surface area contributed by atoms with Crippen LogP contribution in [0.3, 0.4) is 0 Å². The highest BCUT2D eigenvalue weighted by Gasteiger charge is 2.10. The van der Waals surface area contributed by atoms with Gasteiger partial charge in [-0.25, -0.2) is 14.2 Å². The van der Waals surface area contributed by atoms with E-state index < -0.39 is 0 Å². The predicted molar refractivity (Wildman–Crippen MR) is 93.4 cm³/mol. The summed E-state index contributed by atoms with van der Waals surface area (Å²) in [4.78, 5) is 29.3. The maximum Gasteiger partial charge on any atom is 0.337 e. The highest BCUT2D eigenvalue weighted by molar-refractivity contribution is 7.15. The number of rotatable bonds is 2. The van der Waals surface area contributed by atoms with Crippen LogP contribution < -0.4 is 10.1 Å². The lowest BCUT2D eigenvalue weighted by atomic mass is 10.1. The third-order valence-corrected chi connectivity index (χ3v) is 4.74. The van der Waals surface area contributed by atoms with E-state index in [0.29, 0.717) is 15.1 Å². The van der Waals surface area contributed by atoms with Crippen molar-refractivity contribution in [3.8, 4) is 0 Å². The van der Waals surface area contributed by atoms with Gasteiger partial charge in [0.1, 0.15) is 0 Å². The summed E-state index contributed by atoms with van der Waals surface area (Å²) in [6.07, 6.45) is 1.80. The standard InChI is InChI=1S/C18H12N2O3S/c1-23-17(22)12-8-6-11(7-9-12)10-15-16(21)20-14-5-3-2-4-13(14)19-18(20)24-15/h2-10H,1H3/b15-10+. The molecule has 0 atom stereocenters. The Morgan fingerprint density at radius 1 is 1.17 bits per heavy atom. The summed E-state index contributed by atoms with van der Waals surface area (Å²) in [7, 11) is 1.35. The van der Waals surface area contributed by atoms with Gasteiger partial charge in [0.15, 0.2) is 4.96 Å². The van der Waals surface area contributed by atoms with Gasteiger partial charge in [-0.05, 0) is 35.9 Å². The Bertz CT molecular complexity index is 1170. The van der Waals surface area contributed by atoms with Crippen molar-refractivity contribution in [3.05, 3.63) is 74.5 Å². The topological polar surface area (TPSA) is 60.7 Å². The molecular weight excluding hydrogens is 324 g/mol. The lowest BCUT2D eigenvalue weighted by molar-refractivity contribution is 0.0600. The molecule has 0 aliphatic carbocycles. The minimum absolute atomic E-state index is 0.0826. The third kappa shape index (κ3) is 2.28. The Morgan fingerprint density at radius 2 is 1.92 bits per heavy atom. The van der Waals surface area contributed by atoms with Gasteiger partial charge in [-0.1, -0.05) is 35.6 Å². The van der Waals surface area contributed by atoms with Crippen molar-refractivity contribution in [2.45, 2.75) is 0 Å². The molecule has 0 saturated heterocycles. The number of hydrogen-bond donors (Lipinski definition) is 0. The molecule has 2 aromatic carbocycles. The van der Waals surface area contributed by atoms with Crippen LogP contribution in [-0.4, -0.2) is 22.5 Å². The second-order valence-electron chi connectivity index (χ2n) is 5.25. The first-order chi connectivity index (χ1) is 11.7. The van der Waals surface area contributed by atoms with Crippen molar-refractivity contribution in [2.75, 3.05) is 7.11 Å². The van der Waals surface area contributed by atoms with Gasteiger partial charge in [0.2, 0.25) is 0 Å². The molecule has 0 amide bonds. The molecule has 2 aromatic heterocycles. The molecular formula is C18H12N2O3S. The lowest BCUT2D eigenvalue weighted by Crippen LogP contribution is -2.22. The Balaban J connectivity index is 1.84. The molecule has 24 heavy (non-hydrogen) atoms. The van der Waals surface area contributed by atoms with Crippen molar-refractivity contribution >= 4 is 39.4 Å². The van der Waals surface area contributed by atoms with Gasteiger partial charge in [0.05, 0.1) is 28.2 Å². The van der Waals surface area contributed by atoms with Crippen LogP contribution in [0.4, 0.5) is 0 Å². The van der Waals surface area contributed by atoms with Gasteiger partial charge < -0.3 is 4.74 Å². The van der Waals surface area contributed by atoms with Crippen LogP contribution >= 0.6 is 11.3 Å². The molecule has 0 N–H and O–H groups in total. The van der Waals surface area contributed by atoms with Gasteiger partial charge in [-0.15, -0.1) is 0 Å². The quantitative estimate of drug-likeness (QED) is 0.527. The summed E-state index contributed by atoms with van der Waals surface area (Å²) in [6.45, 7) is 0. The highest BCUT2D eigenvalue weighted by Crippen LogP contribution is 2.15. The van der Waals surface area contributed by atoms with Gasteiger partial charge in [0, 0.05) is 0 Å². The minimum atomic E-state index is -0.382. The zero-order valence-electron chi connectivity index (χ0n) is 12.7. The van der Waals surface area contributed by atoms with E-state index in [2.05, 4.69) is 9.72 Å². The number of carbonyl (C=O) groups excluding carboxylic acids is 1. The molecule has 0 bridgehead atoms.